The summed E-state index contributed by atoms with van der Waals surface area (Å²) in [6.45, 7) is 4.98. The molecule has 1 spiro atoms. The summed E-state index contributed by atoms with van der Waals surface area (Å²) in [6, 6.07) is 6.35. The van der Waals surface area contributed by atoms with Crippen LogP contribution < -0.4 is 20.9 Å². The number of aromatic nitrogens is 4. The van der Waals surface area contributed by atoms with Crippen molar-refractivity contribution < 1.29 is 4.74 Å². The van der Waals surface area contributed by atoms with Crippen molar-refractivity contribution in [3.8, 4) is 0 Å². The van der Waals surface area contributed by atoms with E-state index >= 15 is 0 Å². The summed E-state index contributed by atoms with van der Waals surface area (Å²) in [5.74, 6) is 1.34. The summed E-state index contributed by atoms with van der Waals surface area (Å²) in [5, 5.41) is 11.4. The third kappa shape index (κ3) is 2.99. The number of ether oxygens (including phenoxy) is 1. The molecule has 3 aliphatic heterocycles. The topological polar surface area (TPSA) is 95.5 Å². The molecule has 9 heteroatoms. The van der Waals surface area contributed by atoms with Crippen LogP contribution in [-0.4, -0.2) is 58.5 Å². The van der Waals surface area contributed by atoms with Crippen molar-refractivity contribution in [3.05, 3.63) is 36.3 Å². The lowest BCUT2D eigenvalue weighted by atomic mass is 9.97. The van der Waals surface area contributed by atoms with Gasteiger partial charge in [0.25, 0.3) is 0 Å². The fraction of sp³-hybridized carbons (Fsp3) is 0.522. The number of fused-ring (bicyclic) bond motifs is 6. The van der Waals surface area contributed by atoms with E-state index in [0.29, 0.717) is 5.95 Å². The third-order valence-corrected chi connectivity index (χ3v) is 7.46. The molecule has 4 aliphatic rings. The van der Waals surface area contributed by atoms with Crippen molar-refractivity contribution in [2.75, 3.05) is 42.9 Å². The minimum atomic E-state index is 0.0860. The number of epoxide rings is 1. The zero-order valence-electron chi connectivity index (χ0n) is 18.0. The van der Waals surface area contributed by atoms with Crippen LogP contribution in [0.5, 0.6) is 0 Å². The molecule has 1 saturated carbocycles. The molecule has 0 amide bonds. The van der Waals surface area contributed by atoms with E-state index in [9.17, 15) is 0 Å². The summed E-state index contributed by atoms with van der Waals surface area (Å²) in [5.41, 5.74) is 3.47. The van der Waals surface area contributed by atoms with Gasteiger partial charge in [0, 0.05) is 44.3 Å². The molecular weight excluding hydrogens is 404 g/mol. The first-order valence-corrected chi connectivity index (χ1v) is 11.8. The smallest absolute Gasteiger partial charge is 0.230 e. The molecule has 2 atom stereocenters. The van der Waals surface area contributed by atoms with E-state index in [1.807, 2.05) is 18.5 Å². The second-order valence-electron chi connectivity index (χ2n) is 9.43. The lowest BCUT2D eigenvalue weighted by Crippen LogP contribution is -2.43. The molecule has 166 valence electrons. The molecule has 3 aromatic rings. The van der Waals surface area contributed by atoms with Gasteiger partial charge >= 0.3 is 0 Å². The highest BCUT2D eigenvalue weighted by molar-refractivity contribution is 5.79. The molecule has 1 aliphatic carbocycles. The summed E-state index contributed by atoms with van der Waals surface area (Å²) in [6.07, 6.45) is 9.00. The lowest BCUT2D eigenvalue weighted by Gasteiger charge is -2.32. The fourth-order valence-electron chi connectivity index (χ4n) is 5.76. The van der Waals surface area contributed by atoms with Crippen molar-refractivity contribution >= 4 is 28.5 Å². The maximum Gasteiger partial charge on any atom is 0.230 e. The molecule has 3 fully saturated rings. The van der Waals surface area contributed by atoms with Gasteiger partial charge in [-0.3, -0.25) is 5.32 Å². The Balaban J connectivity index is 1.21. The maximum atomic E-state index is 5.89. The van der Waals surface area contributed by atoms with Gasteiger partial charge in [0.15, 0.2) is 0 Å². The zero-order valence-corrected chi connectivity index (χ0v) is 18.0. The number of nitrogens with zero attached hydrogens (tertiary/aromatic N) is 5. The third-order valence-electron chi connectivity index (χ3n) is 7.46. The van der Waals surface area contributed by atoms with E-state index in [1.165, 1.54) is 31.4 Å². The number of hydrogen-bond donors (Lipinski definition) is 3. The Kier molecular flexibility index (Phi) is 4.18. The van der Waals surface area contributed by atoms with E-state index in [2.05, 4.69) is 47.5 Å². The Hall–Kier alpha value is -2.75. The largest absolute Gasteiger partial charge is 0.368 e. The predicted octanol–water partition coefficient (Wildman–Crippen LogP) is 2.25. The van der Waals surface area contributed by atoms with Crippen LogP contribution in [-0.2, 0) is 10.3 Å². The van der Waals surface area contributed by atoms with Crippen molar-refractivity contribution in [2.45, 2.75) is 43.6 Å². The molecular formula is C23H28N8O. The summed E-state index contributed by atoms with van der Waals surface area (Å²) in [4.78, 5) is 16.5. The van der Waals surface area contributed by atoms with Gasteiger partial charge in [-0.25, -0.2) is 9.97 Å². The second kappa shape index (κ2) is 7.13. The Labute approximate surface area is 186 Å². The zero-order chi connectivity index (χ0) is 21.1. The predicted molar refractivity (Wildman–Crippen MR) is 122 cm³/mol. The van der Waals surface area contributed by atoms with E-state index in [-0.39, 0.29) is 17.9 Å². The number of piperazine rings is 1. The van der Waals surface area contributed by atoms with Gasteiger partial charge in [0.05, 0.1) is 23.1 Å². The van der Waals surface area contributed by atoms with E-state index in [1.54, 1.807) is 0 Å². The molecule has 9 nitrogen and oxygen atoms in total. The SMILES string of the molecule is c1cc(Nc2ncc3cc4n(c3n2)C2(CCCC2)CNC2OC42)ncc1N1CCNCC1. The van der Waals surface area contributed by atoms with E-state index in [4.69, 9.17) is 9.72 Å². The van der Waals surface area contributed by atoms with Crippen LogP contribution in [0.4, 0.5) is 17.5 Å². The number of anilines is 3. The fourth-order valence-corrected chi connectivity index (χ4v) is 5.76. The highest BCUT2D eigenvalue weighted by atomic mass is 16.6. The number of nitrogens with one attached hydrogen (secondary N) is 3. The van der Waals surface area contributed by atoms with Crippen molar-refractivity contribution in [3.63, 3.8) is 0 Å². The van der Waals surface area contributed by atoms with Gasteiger partial charge in [-0.1, -0.05) is 12.8 Å². The van der Waals surface area contributed by atoms with Crippen LogP contribution in [0.15, 0.2) is 30.6 Å². The quantitative estimate of drug-likeness (QED) is 0.543. The van der Waals surface area contributed by atoms with E-state index < -0.39 is 0 Å². The van der Waals surface area contributed by atoms with Crippen LogP contribution in [0.3, 0.4) is 0 Å². The van der Waals surface area contributed by atoms with Crippen LogP contribution in [0.2, 0.25) is 0 Å². The van der Waals surface area contributed by atoms with Crippen LogP contribution in [0.1, 0.15) is 37.5 Å². The molecule has 3 N–H and O–H groups in total. The summed E-state index contributed by atoms with van der Waals surface area (Å²) in [7, 11) is 0. The Morgan fingerprint density at radius 3 is 2.78 bits per heavy atom. The first-order valence-electron chi connectivity index (χ1n) is 11.8. The molecule has 6 heterocycles. The Morgan fingerprint density at radius 1 is 1.09 bits per heavy atom. The second-order valence-corrected chi connectivity index (χ2v) is 9.43. The van der Waals surface area contributed by atoms with Gasteiger partial charge in [-0.15, -0.1) is 0 Å². The molecule has 2 saturated heterocycles. The minimum absolute atomic E-state index is 0.0860. The molecule has 0 aromatic carbocycles. The monoisotopic (exact) mass is 432 g/mol. The molecule has 0 bridgehead atoms. The number of hydrogen-bond acceptors (Lipinski definition) is 8. The van der Waals surface area contributed by atoms with Crippen molar-refractivity contribution in [1.82, 2.24) is 30.2 Å². The highest BCUT2D eigenvalue weighted by Crippen LogP contribution is 2.48. The standard InChI is InChI=1S/C23H28N8O/c1-2-6-23(5-1)14-27-21-19(32-21)17-11-15-12-26-22(29-20(15)31(17)23)28-18-4-3-16(13-25-18)30-9-7-24-8-10-30/h3-4,11-13,19,21,24,27H,1-2,5-10,14H2,(H,25,26,28,29). The van der Waals surface area contributed by atoms with Gasteiger partial charge < -0.3 is 24.8 Å². The van der Waals surface area contributed by atoms with Gasteiger partial charge in [-0.05, 0) is 31.0 Å². The number of rotatable bonds is 3. The van der Waals surface area contributed by atoms with Crippen LogP contribution >= 0.6 is 0 Å². The van der Waals surface area contributed by atoms with Crippen LogP contribution in [0.25, 0.3) is 11.0 Å². The molecule has 32 heavy (non-hydrogen) atoms. The molecule has 3 aromatic heterocycles. The highest BCUT2D eigenvalue weighted by Gasteiger charge is 2.51. The molecule has 0 radical (unpaired) electrons. The van der Waals surface area contributed by atoms with Gasteiger partial charge in [0.1, 0.15) is 23.8 Å². The van der Waals surface area contributed by atoms with Crippen LogP contribution in [0, 0.1) is 0 Å². The van der Waals surface area contributed by atoms with Gasteiger partial charge in [-0.2, -0.15) is 4.98 Å². The molecule has 2 unspecified atom stereocenters. The average Bonchev–Trinajstić information content (AvgIpc) is 3.31. The molecule has 7 rings (SSSR count). The van der Waals surface area contributed by atoms with E-state index in [0.717, 1.165) is 55.3 Å². The Bertz CT molecular complexity index is 1150. The van der Waals surface area contributed by atoms with Crippen molar-refractivity contribution in [2.24, 2.45) is 0 Å². The minimum Gasteiger partial charge on any atom is -0.368 e. The van der Waals surface area contributed by atoms with Gasteiger partial charge in [0.2, 0.25) is 5.95 Å². The summed E-state index contributed by atoms with van der Waals surface area (Å²) >= 11 is 0. The summed E-state index contributed by atoms with van der Waals surface area (Å²) < 4.78 is 8.36. The van der Waals surface area contributed by atoms with Crippen molar-refractivity contribution in [1.29, 1.82) is 0 Å². The lowest BCUT2D eigenvalue weighted by molar-refractivity contribution is 0.238. The normalized spacial score (nSPS) is 26.1. The first kappa shape index (κ1) is 18.8. The first-order chi connectivity index (χ1) is 15.8. The average molecular weight is 433 g/mol. The Morgan fingerprint density at radius 2 is 1.97 bits per heavy atom. The number of pyridine rings is 1. The maximum absolute atomic E-state index is 5.89.